The molecule has 8 nitrogen and oxygen atoms in total. The maximum absolute atomic E-state index is 13.5. The summed E-state index contributed by atoms with van der Waals surface area (Å²) in [5.74, 6) is 0.892. The van der Waals surface area contributed by atoms with Crippen molar-refractivity contribution in [3.8, 4) is 11.4 Å². The number of aromatic nitrogens is 7. The second kappa shape index (κ2) is 8.42. The minimum atomic E-state index is -0.824. The maximum atomic E-state index is 13.5. The minimum Gasteiger partial charge on any atom is -0.356 e. The van der Waals surface area contributed by atoms with Crippen LogP contribution in [0, 0.1) is 5.82 Å². The third-order valence-electron chi connectivity index (χ3n) is 7.01. The SMILES string of the molecule is Fc1ccc(-c2n[nH]c([C@H]3Cc4c([nH]c5ccccc45)C(c4cccnc4)(c4cncnc4)N3)n2)cc1. The molecule has 0 fully saturated rings. The van der Waals surface area contributed by atoms with Crippen LogP contribution in [-0.4, -0.2) is 35.1 Å². The van der Waals surface area contributed by atoms with Crippen molar-refractivity contribution in [2.45, 2.75) is 18.0 Å². The standard InChI is InChI=1S/C28H21FN8/c29-20-9-7-17(8-10-20)26-34-27(37-36-26)24-12-22-21-5-1-2-6-23(21)33-25(22)28(35-24,18-4-3-11-30-13-18)19-14-31-16-32-15-19/h1-11,13-16,24,33,35H,12H2,(H,34,36,37)/t24-,28?/m1/s1. The number of benzene rings is 2. The van der Waals surface area contributed by atoms with Gasteiger partial charge in [0.25, 0.3) is 0 Å². The fourth-order valence-corrected chi connectivity index (χ4v) is 5.34. The predicted molar refractivity (Wildman–Crippen MR) is 136 cm³/mol. The highest BCUT2D eigenvalue weighted by Crippen LogP contribution is 2.46. The van der Waals surface area contributed by atoms with Gasteiger partial charge in [-0.2, -0.15) is 5.10 Å². The van der Waals surface area contributed by atoms with Crippen molar-refractivity contribution in [2.75, 3.05) is 0 Å². The monoisotopic (exact) mass is 488 g/mol. The van der Waals surface area contributed by atoms with Crippen molar-refractivity contribution in [3.05, 3.63) is 126 Å². The Bertz CT molecular complexity index is 1650. The molecule has 6 aromatic rings. The highest BCUT2D eigenvalue weighted by molar-refractivity contribution is 5.86. The van der Waals surface area contributed by atoms with Crippen LogP contribution in [0.25, 0.3) is 22.3 Å². The van der Waals surface area contributed by atoms with Crippen molar-refractivity contribution in [3.63, 3.8) is 0 Å². The van der Waals surface area contributed by atoms with E-state index in [-0.39, 0.29) is 11.9 Å². The van der Waals surface area contributed by atoms with Gasteiger partial charge in [0.15, 0.2) is 5.82 Å². The van der Waals surface area contributed by atoms with Gasteiger partial charge in [-0.25, -0.2) is 19.3 Å². The van der Waals surface area contributed by atoms with Gasteiger partial charge in [0.1, 0.15) is 23.5 Å². The summed E-state index contributed by atoms with van der Waals surface area (Å²) < 4.78 is 13.5. The zero-order chi connectivity index (χ0) is 24.8. The molecule has 9 heteroatoms. The Hall–Kier alpha value is -4.76. The van der Waals surface area contributed by atoms with E-state index in [1.807, 2.05) is 36.8 Å². The number of nitrogens with one attached hydrogen (secondary N) is 3. The third-order valence-corrected chi connectivity index (χ3v) is 7.01. The van der Waals surface area contributed by atoms with E-state index < -0.39 is 5.54 Å². The van der Waals surface area contributed by atoms with E-state index in [2.05, 4.69) is 53.6 Å². The first-order valence-electron chi connectivity index (χ1n) is 11.9. The molecule has 0 bridgehead atoms. The summed E-state index contributed by atoms with van der Waals surface area (Å²) in [4.78, 5) is 21.7. The lowest BCUT2D eigenvalue weighted by atomic mass is 9.75. The third kappa shape index (κ3) is 3.43. The molecule has 2 aromatic carbocycles. The first kappa shape index (κ1) is 21.5. The molecule has 7 rings (SSSR count). The summed E-state index contributed by atoms with van der Waals surface area (Å²) >= 11 is 0. The number of fused-ring (bicyclic) bond motifs is 3. The highest BCUT2D eigenvalue weighted by atomic mass is 19.1. The topological polar surface area (TPSA) is 108 Å². The summed E-state index contributed by atoms with van der Waals surface area (Å²) in [7, 11) is 0. The van der Waals surface area contributed by atoms with Crippen LogP contribution in [-0.2, 0) is 12.0 Å². The van der Waals surface area contributed by atoms with Crippen LogP contribution >= 0.6 is 0 Å². The lowest BCUT2D eigenvalue weighted by molar-refractivity contribution is 0.348. The number of para-hydroxylation sites is 1. The summed E-state index contributed by atoms with van der Waals surface area (Å²) in [5.41, 5.74) is 4.97. The van der Waals surface area contributed by atoms with Crippen LogP contribution < -0.4 is 5.32 Å². The van der Waals surface area contributed by atoms with Gasteiger partial charge >= 0.3 is 0 Å². The van der Waals surface area contributed by atoms with Gasteiger partial charge in [0.2, 0.25) is 0 Å². The molecule has 0 saturated carbocycles. The molecule has 2 atom stereocenters. The van der Waals surface area contributed by atoms with Crippen molar-refractivity contribution >= 4 is 10.9 Å². The van der Waals surface area contributed by atoms with Crippen LogP contribution in [0.4, 0.5) is 4.39 Å². The number of H-pyrrole nitrogens is 2. The lowest BCUT2D eigenvalue weighted by Gasteiger charge is -2.42. The van der Waals surface area contributed by atoms with Gasteiger partial charge in [-0.05, 0) is 48.4 Å². The fourth-order valence-electron chi connectivity index (χ4n) is 5.34. The summed E-state index contributed by atoms with van der Waals surface area (Å²) in [6.45, 7) is 0. The van der Waals surface area contributed by atoms with Crippen LogP contribution in [0.2, 0.25) is 0 Å². The normalized spacial score (nSPS) is 19.1. The van der Waals surface area contributed by atoms with Crippen molar-refractivity contribution in [1.29, 1.82) is 0 Å². The Morgan fingerprint density at radius 1 is 0.865 bits per heavy atom. The van der Waals surface area contributed by atoms with Gasteiger partial charge < -0.3 is 4.98 Å². The van der Waals surface area contributed by atoms with Crippen LogP contribution in [0.5, 0.6) is 0 Å². The van der Waals surface area contributed by atoms with Crippen molar-refractivity contribution in [2.24, 2.45) is 0 Å². The summed E-state index contributed by atoms with van der Waals surface area (Å²) in [6, 6.07) is 18.2. The van der Waals surface area contributed by atoms with E-state index in [1.165, 1.54) is 24.0 Å². The Morgan fingerprint density at radius 3 is 2.49 bits per heavy atom. The molecule has 0 aliphatic carbocycles. The molecule has 1 unspecified atom stereocenters. The van der Waals surface area contributed by atoms with Gasteiger partial charge in [0.05, 0.1) is 6.04 Å². The molecule has 4 aromatic heterocycles. The summed E-state index contributed by atoms with van der Waals surface area (Å²) in [6.07, 6.45) is 9.48. The Kier molecular flexibility index (Phi) is 4.90. The molecule has 0 amide bonds. The number of halogens is 1. The predicted octanol–water partition coefficient (Wildman–Crippen LogP) is 4.46. The van der Waals surface area contributed by atoms with Gasteiger partial charge in [0, 0.05) is 58.1 Å². The zero-order valence-electron chi connectivity index (χ0n) is 19.6. The first-order chi connectivity index (χ1) is 18.2. The van der Waals surface area contributed by atoms with E-state index in [4.69, 9.17) is 4.98 Å². The highest BCUT2D eigenvalue weighted by Gasteiger charge is 2.46. The molecule has 0 radical (unpaired) electrons. The molecule has 180 valence electrons. The molecule has 0 saturated heterocycles. The van der Waals surface area contributed by atoms with E-state index in [9.17, 15) is 4.39 Å². The second-order valence-corrected chi connectivity index (χ2v) is 9.10. The van der Waals surface area contributed by atoms with Gasteiger partial charge in [-0.1, -0.05) is 24.3 Å². The number of aromatic amines is 2. The van der Waals surface area contributed by atoms with Crippen molar-refractivity contribution in [1.82, 2.24) is 40.4 Å². The molecule has 5 heterocycles. The van der Waals surface area contributed by atoms with Crippen LogP contribution in [0.15, 0.2) is 91.8 Å². The minimum absolute atomic E-state index is 0.228. The molecular weight excluding hydrogens is 467 g/mol. The lowest BCUT2D eigenvalue weighted by Crippen LogP contribution is -2.51. The molecular formula is C28H21FN8. The largest absolute Gasteiger partial charge is 0.356 e. The smallest absolute Gasteiger partial charge is 0.181 e. The van der Waals surface area contributed by atoms with Gasteiger partial charge in [-0.15, -0.1) is 0 Å². The average molecular weight is 489 g/mol. The van der Waals surface area contributed by atoms with E-state index in [0.29, 0.717) is 18.1 Å². The number of hydrogen-bond donors (Lipinski definition) is 3. The Balaban J connectivity index is 1.44. The Morgan fingerprint density at radius 2 is 1.68 bits per heavy atom. The Labute approximate surface area is 211 Å². The maximum Gasteiger partial charge on any atom is 0.181 e. The van der Waals surface area contributed by atoms with E-state index >= 15 is 0 Å². The number of pyridine rings is 1. The average Bonchev–Trinajstić information content (AvgIpc) is 3.60. The van der Waals surface area contributed by atoms with Crippen LogP contribution in [0.3, 0.4) is 0 Å². The number of nitrogens with zero attached hydrogens (tertiary/aromatic N) is 5. The molecule has 0 spiro atoms. The molecule has 1 aliphatic rings. The quantitative estimate of drug-likeness (QED) is 0.338. The fraction of sp³-hybridized carbons (Fsp3) is 0.107. The molecule has 1 aliphatic heterocycles. The molecule has 3 N–H and O–H groups in total. The number of hydrogen-bond acceptors (Lipinski definition) is 6. The zero-order valence-corrected chi connectivity index (χ0v) is 19.6. The first-order valence-corrected chi connectivity index (χ1v) is 11.9. The number of rotatable bonds is 4. The van der Waals surface area contributed by atoms with Crippen LogP contribution in [0.1, 0.15) is 34.3 Å². The van der Waals surface area contributed by atoms with E-state index in [1.54, 1.807) is 18.3 Å². The molecule has 37 heavy (non-hydrogen) atoms. The van der Waals surface area contributed by atoms with E-state index in [0.717, 1.165) is 33.3 Å². The van der Waals surface area contributed by atoms with Crippen molar-refractivity contribution < 1.29 is 4.39 Å². The van der Waals surface area contributed by atoms with Gasteiger partial charge in [-0.3, -0.25) is 15.4 Å². The summed E-state index contributed by atoms with van der Waals surface area (Å²) in [5, 5.41) is 12.6. The second-order valence-electron chi connectivity index (χ2n) is 9.10.